The van der Waals surface area contributed by atoms with Crippen LogP contribution < -0.4 is 10.2 Å². The van der Waals surface area contributed by atoms with Crippen LogP contribution in [0.3, 0.4) is 0 Å². The zero-order valence-corrected chi connectivity index (χ0v) is 13.3. The molecule has 4 nitrogen and oxygen atoms in total. The Morgan fingerprint density at radius 3 is 2.90 bits per heavy atom. The standard InChI is InChI=1S/C15H24ClN3O/c1-11(2)20-7-6-19(3)15-8-12(14(16)10-18-15)9-17-13-4-5-13/h8,10-11,13,17H,4-7,9H2,1-3H3. The lowest BCUT2D eigenvalue weighted by molar-refractivity contribution is 0.0845. The number of hydrogen-bond acceptors (Lipinski definition) is 4. The van der Waals surface area contributed by atoms with Crippen LogP contribution in [0.25, 0.3) is 0 Å². The van der Waals surface area contributed by atoms with Crippen LogP contribution in [0.1, 0.15) is 32.3 Å². The second-order valence-electron chi connectivity index (χ2n) is 5.63. The molecule has 0 aliphatic heterocycles. The summed E-state index contributed by atoms with van der Waals surface area (Å²) in [7, 11) is 2.03. The zero-order chi connectivity index (χ0) is 14.5. The molecule has 0 bridgehead atoms. The van der Waals surface area contributed by atoms with Crippen molar-refractivity contribution >= 4 is 17.4 Å². The van der Waals surface area contributed by atoms with Gasteiger partial charge in [-0.1, -0.05) is 11.6 Å². The summed E-state index contributed by atoms with van der Waals surface area (Å²) >= 11 is 6.20. The minimum atomic E-state index is 0.264. The van der Waals surface area contributed by atoms with Crippen LogP contribution in [0, 0.1) is 0 Å². The van der Waals surface area contributed by atoms with Crippen molar-refractivity contribution in [1.82, 2.24) is 10.3 Å². The average molecular weight is 298 g/mol. The van der Waals surface area contributed by atoms with Crippen LogP contribution in [-0.4, -0.2) is 37.3 Å². The highest BCUT2D eigenvalue weighted by atomic mass is 35.5. The molecule has 1 saturated carbocycles. The van der Waals surface area contributed by atoms with Crippen molar-refractivity contribution < 1.29 is 4.74 Å². The Balaban J connectivity index is 1.90. The normalized spacial score (nSPS) is 14.8. The predicted octanol–water partition coefficient (Wildman–Crippen LogP) is 2.85. The number of anilines is 1. The van der Waals surface area contributed by atoms with Gasteiger partial charge in [0.15, 0.2) is 0 Å². The Morgan fingerprint density at radius 2 is 2.25 bits per heavy atom. The van der Waals surface area contributed by atoms with E-state index in [1.807, 2.05) is 20.9 Å². The van der Waals surface area contributed by atoms with Crippen molar-refractivity contribution in [3.63, 3.8) is 0 Å². The molecule has 0 radical (unpaired) electrons. The number of rotatable bonds is 8. The third kappa shape index (κ3) is 4.93. The Morgan fingerprint density at radius 1 is 1.50 bits per heavy atom. The van der Waals surface area contributed by atoms with E-state index in [0.29, 0.717) is 12.6 Å². The van der Waals surface area contributed by atoms with Crippen molar-refractivity contribution in [2.45, 2.75) is 45.4 Å². The molecule has 1 aromatic rings. The van der Waals surface area contributed by atoms with Crippen LogP contribution in [0.2, 0.25) is 5.02 Å². The molecule has 2 rings (SSSR count). The first-order chi connectivity index (χ1) is 9.56. The monoisotopic (exact) mass is 297 g/mol. The fourth-order valence-electron chi connectivity index (χ4n) is 1.89. The summed E-state index contributed by atoms with van der Waals surface area (Å²) in [5.74, 6) is 0.939. The van der Waals surface area contributed by atoms with Crippen LogP contribution in [0.15, 0.2) is 12.3 Å². The summed E-state index contributed by atoms with van der Waals surface area (Å²) in [6, 6.07) is 2.74. The predicted molar refractivity (Wildman–Crippen MR) is 83.5 cm³/mol. The van der Waals surface area contributed by atoms with E-state index < -0.39 is 0 Å². The molecule has 0 saturated heterocycles. The van der Waals surface area contributed by atoms with Gasteiger partial charge in [0, 0.05) is 32.4 Å². The van der Waals surface area contributed by atoms with Gasteiger partial charge in [0.25, 0.3) is 0 Å². The quantitative estimate of drug-likeness (QED) is 0.801. The van der Waals surface area contributed by atoms with Crippen molar-refractivity contribution in [2.24, 2.45) is 0 Å². The SMILES string of the molecule is CC(C)OCCN(C)c1cc(CNC2CC2)c(Cl)cn1. The van der Waals surface area contributed by atoms with Crippen LogP contribution in [-0.2, 0) is 11.3 Å². The van der Waals surface area contributed by atoms with E-state index in [1.54, 1.807) is 6.20 Å². The maximum absolute atomic E-state index is 6.20. The summed E-state index contributed by atoms with van der Waals surface area (Å²) in [6.07, 6.45) is 4.56. The van der Waals surface area contributed by atoms with Gasteiger partial charge in [0.2, 0.25) is 0 Å². The minimum absolute atomic E-state index is 0.264. The van der Waals surface area contributed by atoms with Gasteiger partial charge < -0.3 is 15.0 Å². The molecule has 112 valence electrons. The third-order valence-corrected chi connectivity index (χ3v) is 3.69. The lowest BCUT2D eigenvalue weighted by Crippen LogP contribution is -2.25. The van der Waals surface area contributed by atoms with Crippen molar-refractivity contribution in [3.8, 4) is 0 Å². The van der Waals surface area contributed by atoms with Gasteiger partial charge >= 0.3 is 0 Å². The number of pyridine rings is 1. The summed E-state index contributed by atoms with van der Waals surface area (Å²) in [5, 5.41) is 4.21. The molecule has 1 fully saturated rings. The largest absolute Gasteiger partial charge is 0.377 e. The number of ether oxygens (including phenoxy) is 1. The molecular weight excluding hydrogens is 274 g/mol. The van der Waals surface area contributed by atoms with E-state index in [4.69, 9.17) is 16.3 Å². The lowest BCUT2D eigenvalue weighted by atomic mass is 10.2. The third-order valence-electron chi connectivity index (χ3n) is 3.35. The highest BCUT2D eigenvalue weighted by molar-refractivity contribution is 6.31. The zero-order valence-electron chi connectivity index (χ0n) is 12.5. The summed E-state index contributed by atoms with van der Waals surface area (Å²) < 4.78 is 5.57. The highest BCUT2D eigenvalue weighted by Gasteiger charge is 2.20. The molecule has 1 aliphatic carbocycles. The fraction of sp³-hybridized carbons (Fsp3) is 0.667. The van der Waals surface area contributed by atoms with Gasteiger partial charge in [-0.15, -0.1) is 0 Å². The van der Waals surface area contributed by atoms with Gasteiger partial charge in [0.05, 0.1) is 17.7 Å². The number of halogens is 1. The average Bonchev–Trinajstić information content (AvgIpc) is 3.21. The molecule has 1 aromatic heterocycles. The van der Waals surface area contributed by atoms with E-state index in [9.17, 15) is 0 Å². The number of aromatic nitrogens is 1. The molecule has 5 heteroatoms. The van der Waals surface area contributed by atoms with Crippen molar-refractivity contribution in [1.29, 1.82) is 0 Å². The molecule has 1 heterocycles. The molecule has 0 atom stereocenters. The van der Waals surface area contributed by atoms with Crippen molar-refractivity contribution in [2.75, 3.05) is 25.1 Å². The molecular formula is C15H24ClN3O. The fourth-order valence-corrected chi connectivity index (χ4v) is 2.06. The van der Waals surface area contributed by atoms with Crippen LogP contribution >= 0.6 is 11.6 Å². The molecule has 20 heavy (non-hydrogen) atoms. The summed E-state index contributed by atoms with van der Waals surface area (Å²) in [4.78, 5) is 6.49. The molecule has 0 unspecified atom stereocenters. The summed E-state index contributed by atoms with van der Waals surface area (Å²) in [5.41, 5.74) is 1.11. The van der Waals surface area contributed by atoms with Crippen molar-refractivity contribution in [3.05, 3.63) is 22.8 Å². The van der Waals surface area contributed by atoms with Crippen LogP contribution in [0.5, 0.6) is 0 Å². The van der Waals surface area contributed by atoms with E-state index in [0.717, 1.165) is 29.5 Å². The highest BCUT2D eigenvalue weighted by Crippen LogP contribution is 2.23. The summed E-state index contributed by atoms with van der Waals surface area (Å²) in [6.45, 7) is 6.43. The topological polar surface area (TPSA) is 37.4 Å². The molecule has 1 aliphatic rings. The number of nitrogens with one attached hydrogen (secondary N) is 1. The van der Waals surface area contributed by atoms with Gasteiger partial charge in [-0.3, -0.25) is 0 Å². The molecule has 0 aromatic carbocycles. The first-order valence-corrected chi connectivity index (χ1v) is 7.64. The smallest absolute Gasteiger partial charge is 0.128 e. The Kier molecular flexibility index (Phi) is 5.64. The Bertz CT molecular complexity index is 435. The second-order valence-corrected chi connectivity index (χ2v) is 6.04. The molecule has 0 amide bonds. The Labute approximate surface area is 126 Å². The maximum atomic E-state index is 6.20. The first-order valence-electron chi connectivity index (χ1n) is 7.27. The number of hydrogen-bond donors (Lipinski definition) is 1. The van der Waals surface area contributed by atoms with Crippen LogP contribution in [0.4, 0.5) is 5.82 Å². The Hall–Kier alpha value is -0.840. The van der Waals surface area contributed by atoms with E-state index >= 15 is 0 Å². The molecule has 0 spiro atoms. The van der Waals surface area contributed by atoms with Gasteiger partial charge in [-0.25, -0.2) is 4.98 Å². The van der Waals surface area contributed by atoms with Gasteiger partial charge in [0.1, 0.15) is 5.82 Å². The number of likely N-dealkylation sites (N-methyl/N-ethyl adjacent to an activating group) is 1. The second kappa shape index (κ2) is 7.25. The first kappa shape index (κ1) is 15.5. The van der Waals surface area contributed by atoms with E-state index in [1.165, 1.54) is 12.8 Å². The van der Waals surface area contributed by atoms with E-state index in [-0.39, 0.29) is 6.10 Å². The van der Waals surface area contributed by atoms with Gasteiger partial charge in [-0.05, 0) is 38.3 Å². The number of nitrogens with zero attached hydrogens (tertiary/aromatic N) is 2. The minimum Gasteiger partial charge on any atom is -0.377 e. The molecule has 1 N–H and O–H groups in total. The lowest BCUT2D eigenvalue weighted by Gasteiger charge is -2.20. The van der Waals surface area contributed by atoms with Gasteiger partial charge in [-0.2, -0.15) is 0 Å². The maximum Gasteiger partial charge on any atom is 0.128 e. The van der Waals surface area contributed by atoms with E-state index in [2.05, 4.69) is 21.3 Å².